The van der Waals surface area contributed by atoms with Gasteiger partial charge >= 0.3 is 6.18 Å². The quantitative estimate of drug-likeness (QED) is 0.914. The largest absolute Gasteiger partial charge is 0.417 e. The Kier molecular flexibility index (Phi) is 4.36. The summed E-state index contributed by atoms with van der Waals surface area (Å²) >= 11 is 0. The van der Waals surface area contributed by atoms with Gasteiger partial charge in [0, 0.05) is 29.9 Å². The number of aromatic nitrogens is 1. The minimum atomic E-state index is -4.49. The number of hydrogen-bond acceptors (Lipinski definition) is 3. The van der Waals surface area contributed by atoms with E-state index < -0.39 is 17.3 Å². The fourth-order valence-electron chi connectivity index (χ4n) is 2.92. The zero-order chi connectivity index (χ0) is 17.3. The van der Waals surface area contributed by atoms with Gasteiger partial charge in [0.05, 0.1) is 24.5 Å². The van der Waals surface area contributed by atoms with E-state index in [0.717, 1.165) is 6.07 Å². The first-order valence-corrected chi connectivity index (χ1v) is 7.61. The van der Waals surface area contributed by atoms with Gasteiger partial charge in [-0.15, -0.1) is 0 Å². The molecule has 1 aliphatic heterocycles. The van der Waals surface area contributed by atoms with Gasteiger partial charge in [0.1, 0.15) is 0 Å². The van der Waals surface area contributed by atoms with Gasteiger partial charge < -0.3 is 14.6 Å². The van der Waals surface area contributed by atoms with Crippen LogP contribution in [0.1, 0.15) is 12.5 Å². The molecule has 1 fully saturated rings. The first-order chi connectivity index (χ1) is 11.4. The van der Waals surface area contributed by atoms with Crippen LogP contribution in [0.4, 0.5) is 18.9 Å². The average molecular weight is 338 g/mol. The van der Waals surface area contributed by atoms with Crippen LogP contribution in [0.25, 0.3) is 11.3 Å². The number of H-pyrrole nitrogens is 1. The predicted octanol–water partition coefficient (Wildman–Crippen LogP) is 3.29. The molecule has 1 aromatic carbocycles. The summed E-state index contributed by atoms with van der Waals surface area (Å²) in [5, 5.41) is 0. The van der Waals surface area contributed by atoms with E-state index in [-0.39, 0.29) is 17.3 Å². The number of nitrogens with one attached hydrogen (secondary N) is 1. The lowest BCUT2D eigenvalue weighted by atomic mass is 10.0. The summed E-state index contributed by atoms with van der Waals surface area (Å²) in [6.07, 6.45) is -4.49. The third kappa shape index (κ3) is 3.31. The van der Waals surface area contributed by atoms with Crippen LogP contribution < -0.4 is 10.5 Å². The van der Waals surface area contributed by atoms with Crippen LogP contribution in [0.5, 0.6) is 0 Å². The lowest BCUT2D eigenvalue weighted by Gasteiger charge is -2.35. The van der Waals surface area contributed by atoms with E-state index >= 15 is 0 Å². The van der Waals surface area contributed by atoms with Crippen molar-refractivity contribution in [3.05, 3.63) is 52.3 Å². The Bertz CT molecular complexity index is 786. The van der Waals surface area contributed by atoms with Gasteiger partial charge in [-0.05, 0) is 19.1 Å². The summed E-state index contributed by atoms with van der Waals surface area (Å²) in [7, 11) is 0. The molecule has 128 valence electrons. The number of pyridine rings is 1. The minimum Gasteiger partial charge on any atom is -0.377 e. The van der Waals surface area contributed by atoms with Crippen molar-refractivity contribution in [2.75, 3.05) is 24.7 Å². The molecule has 4 nitrogen and oxygen atoms in total. The first-order valence-electron chi connectivity index (χ1n) is 7.61. The molecule has 0 saturated carbocycles. The van der Waals surface area contributed by atoms with Crippen molar-refractivity contribution in [3.8, 4) is 11.3 Å². The maximum atomic E-state index is 13.2. The van der Waals surface area contributed by atoms with E-state index in [1.54, 1.807) is 6.07 Å². The first kappa shape index (κ1) is 16.6. The SMILES string of the molecule is C[C@@H]1COCCN1c1cc(-c2ccccc2C(F)(F)F)[nH]c(=O)c1. The molecule has 1 aromatic heterocycles. The van der Waals surface area contributed by atoms with Gasteiger partial charge in [0.25, 0.3) is 0 Å². The molecule has 0 spiro atoms. The molecular formula is C17H17F3N2O2. The van der Waals surface area contributed by atoms with E-state index in [1.165, 1.54) is 24.3 Å². The second-order valence-corrected chi connectivity index (χ2v) is 5.78. The molecule has 2 aromatic rings. The highest BCUT2D eigenvalue weighted by Gasteiger charge is 2.33. The standard InChI is InChI=1S/C17H17F3N2O2/c1-11-10-24-7-6-22(11)12-8-15(21-16(23)9-12)13-4-2-3-5-14(13)17(18,19)20/h2-5,8-9,11H,6-7,10H2,1H3,(H,21,23)/t11-/m1/s1. The van der Waals surface area contributed by atoms with E-state index in [9.17, 15) is 18.0 Å². The van der Waals surface area contributed by atoms with Crippen molar-refractivity contribution < 1.29 is 17.9 Å². The molecule has 0 bridgehead atoms. The van der Waals surface area contributed by atoms with Gasteiger partial charge in [-0.3, -0.25) is 4.79 Å². The van der Waals surface area contributed by atoms with Crippen molar-refractivity contribution in [2.24, 2.45) is 0 Å². The Hall–Kier alpha value is -2.28. The van der Waals surface area contributed by atoms with Crippen LogP contribution in [0, 0.1) is 0 Å². The molecule has 1 atom stereocenters. The van der Waals surface area contributed by atoms with E-state index in [2.05, 4.69) is 4.98 Å². The van der Waals surface area contributed by atoms with Crippen LogP contribution in [-0.2, 0) is 10.9 Å². The summed E-state index contributed by atoms with van der Waals surface area (Å²) in [6, 6.07) is 8.27. The number of aromatic amines is 1. The lowest BCUT2D eigenvalue weighted by Crippen LogP contribution is -2.44. The van der Waals surface area contributed by atoms with Crippen LogP contribution in [0.3, 0.4) is 0 Å². The second kappa shape index (κ2) is 6.32. The van der Waals surface area contributed by atoms with Gasteiger partial charge in [0.15, 0.2) is 0 Å². The highest BCUT2D eigenvalue weighted by molar-refractivity contribution is 5.68. The Morgan fingerprint density at radius 1 is 1.25 bits per heavy atom. The van der Waals surface area contributed by atoms with Crippen molar-refractivity contribution in [1.29, 1.82) is 0 Å². The monoisotopic (exact) mass is 338 g/mol. The van der Waals surface area contributed by atoms with Crippen molar-refractivity contribution >= 4 is 5.69 Å². The Morgan fingerprint density at radius 3 is 2.71 bits per heavy atom. The number of rotatable bonds is 2. The molecule has 2 heterocycles. The maximum absolute atomic E-state index is 13.2. The zero-order valence-corrected chi connectivity index (χ0v) is 13.1. The van der Waals surface area contributed by atoms with E-state index in [0.29, 0.717) is 25.4 Å². The highest BCUT2D eigenvalue weighted by atomic mass is 19.4. The summed E-state index contributed by atoms with van der Waals surface area (Å²) < 4.78 is 45.1. The fourth-order valence-corrected chi connectivity index (χ4v) is 2.92. The van der Waals surface area contributed by atoms with Crippen LogP contribution in [0.15, 0.2) is 41.2 Å². The molecule has 0 unspecified atom stereocenters. The van der Waals surface area contributed by atoms with Crippen molar-refractivity contribution in [1.82, 2.24) is 4.98 Å². The highest BCUT2D eigenvalue weighted by Crippen LogP contribution is 2.36. The Labute approximate surface area is 136 Å². The van der Waals surface area contributed by atoms with E-state index in [4.69, 9.17) is 4.74 Å². The third-order valence-electron chi connectivity index (χ3n) is 4.05. The average Bonchev–Trinajstić information content (AvgIpc) is 2.54. The number of halogens is 3. The van der Waals surface area contributed by atoms with E-state index in [1.807, 2.05) is 11.8 Å². The minimum absolute atomic E-state index is 0.0372. The zero-order valence-electron chi connectivity index (χ0n) is 13.1. The number of morpholine rings is 1. The summed E-state index contributed by atoms with van der Waals surface area (Å²) in [5.41, 5.74) is -0.485. The summed E-state index contributed by atoms with van der Waals surface area (Å²) in [4.78, 5) is 16.5. The number of nitrogens with zero attached hydrogens (tertiary/aromatic N) is 1. The molecule has 24 heavy (non-hydrogen) atoms. The fraction of sp³-hybridized carbons (Fsp3) is 0.353. The molecule has 1 N–H and O–H groups in total. The molecule has 1 aliphatic rings. The summed E-state index contributed by atoms with van der Waals surface area (Å²) in [5.74, 6) is 0. The number of alkyl halides is 3. The molecule has 0 radical (unpaired) electrons. The lowest BCUT2D eigenvalue weighted by molar-refractivity contribution is -0.137. The normalized spacial score (nSPS) is 18.7. The molecule has 7 heteroatoms. The molecular weight excluding hydrogens is 321 g/mol. The third-order valence-corrected chi connectivity index (χ3v) is 4.05. The van der Waals surface area contributed by atoms with Crippen LogP contribution in [-0.4, -0.2) is 30.8 Å². The molecule has 0 amide bonds. The maximum Gasteiger partial charge on any atom is 0.417 e. The number of benzene rings is 1. The summed E-state index contributed by atoms with van der Waals surface area (Å²) in [6.45, 7) is 3.57. The van der Waals surface area contributed by atoms with Gasteiger partial charge in [-0.2, -0.15) is 13.2 Å². The molecule has 1 saturated heterocycles. The van der Waals surface area contributed by atoms with Crippen LogP contribution in [0.2, 0.25) is 0 Å². The van der Waals surface area contributed by atoms with Crippen molar-refractivity contribution in [2.45, 2.75) is 19.1 Å². The van der Waals surface area contributed by atoms with Gasteiger partial charge in [-0.25, -0.2) is 0 Å². The molecule has 0 aliphatic carbocycles. The number of hydrogen-bond donors (Lipinski definition) is 1. The number of ether oxygens (including phenoxy) is 1. The van der Waals surface area contributed by atoms with Gasteiger partial charge in [0.2, 0.25) is 5.56 Å². The van der Waals surface area contributed by atoms with Crippen LogP contribution >= 0.6 is 0 Å². The number of anilines is 1. The topological polar surface area (TPSA) is 45.3 Å². The predicted molar refractivity (Wildman–Crippen MR) is 85.1 cm³/mol. The van der Waals surface area contributed by atoms with Crippen molar-refractivity contribution in [3.63, 3.8) is 0 Å². The smallest absolute Gasteiger partial charge is 0.377 e. The Balaban J connectivity index is 2.09. The van der Waals surface area contributed by atoms with Gasteiger partial charge in [-0.1, -0.05) is 18.2 Å². The second-order valence-electron chi connectivity index (χ2n) is 5.78. The molecule has 3 rings (SSSR count). The Morgan fingerprint density at radius 2 is 2.00 bits per heavy atom.